The number of aryl methyl sites for hydroxylation is 1. The third-order valence-corrected chi connectivity index (χ3v) is 6.28. The van der Waals surface area contributed by atoms with Gasteiger partial charge in [-0.3, -0.25) is 4.79 Å². The molecule has 0 saturated carbocycles. The molecule has 0 aliphatic rings. The molecule has 2 aromatic heterocycles. The third-order valence-electron chi connectivity index (χ3n) is 4.04. The minimum Gasteiger partial charge on any atom is -0.486 e. The van der Waals surface area contributed by atoms with Crippen molar-refractivity contribution in [3.05, 3.63) is 51.6 Å². The quantitative estimate of drug-likeness (QED) is 0.360. The highest BCUT2D eigenvalue weighted by Gasteiger charge is 2.19. The van der Waals surface area contributed by atoms with E-state index in [2.05, 4.69) is 15.5 Å². The molecule has 0 fully saturated rings. The maximum atomic E-state index is 12.4. The number of nitrogens with one attached hydrogen (secondary N) is 1. The van der Waals surface area contributed by atoms with E-state index in [1.165, 1.54) is 23.1 Å². The predicted octanol–water partition coefficient (Wildman–Crippen LogP) is 4.32. The number of hydrogen-bond donors (Lipinski definition) is 1. The maximum absolute atomic E-state index is 12.4. The Morgan fingerprint density at radius 3 is 2.71 bits per heavy atom. The molecule has 3 aromatic rings. The SMILES string of the molecule is CCOC(=O)c1cc(C)sc1NC(=O)CSc1nnc(COc2ccc(Cl)cc2)n1C. The van der Waals surface area contributed by atoms with E-state index in [-0.39, 0.29) is 24.9 Å². The number of benzene rings is 1. The minimum absolute atomic E-state index is 0.114. The largest absolute Gasteiger partial charge is 0.486 e. The van der Waals surface area contributed by atoms with Crippen LogP contribution in [0, 0.1) is 6.92 Å². The summed E-state index contributed by atoms with van der Waals surface area (Å²) in [5, 5.41) is 12.7. The molecule has 1 aromatic carbocycles. The molecule has 0 unspecified atom stereocenters. The number of amides is 1. The lowest BCUT2D eigenvalue weighted by Crippen LogP contribution is -2.16. The van der Waals surface area contributed by atoms with Gasteiger partial charge in [-0.25, -0.2) is 4.79 Å². The number of thioether (sulfide) groups is 1. The van der Waals surface area contributed by atoms with E-state index in [1.807, 2.05) is 14.0 Å². The Bertz CT molecular complexity index is 1070. The van der Waals surface area contributed by atoms with E-state index in [0.29, 0.717) is 32.3 Å². The molecule has 2 heterocycles. The number of hydrogen-bond acceptors (Lipinski definition) is 8. The molecule has 0 saturated heterocycles. The van der Waals surface area contributed by atoms with Gasteiger partial charge >= 0.3 is 5.97 Å². The number of rotatable bonds is 9. The van der Waals surface area contributed by atoms with Crippen LogP contribution in [0.25, 0.3) is 0 Å². The Morgan fingerprint density at radius 1 is 1.26 bits per heavy atom. The highest BCUT2D eigenvalue weighted by molar-refractivity contribution is 7.99. The van der Waals surface area contributed by atoms with Crippen molar-refractivity contribution >= 4 is 51.6 Å². The molecule has 3 rings (SSSR count). The molecule has 0 aliphatic heterocycles. The van der Waals surface area contributed by atoms with Gasteiger partial charge in [0.1, 0.15) is 17.4 Å². The molecular formula is C20H21ClN4O4S2. The maximum Gasteiger partial charge on any atom is 0.341 e. The summed E-state index contributed by atoms with van der Waals surface area (Å²) in [5.41, 5.74) is 0.364. The van der Waals surface area contributed by atoms with Gasteiger partial charge in [0.05, 0.1) is 17.9 Å². The normalized spacial score (nSPS) is 10.7. The van der Waals surface area contributed by atoms with Crippen LogP contribution >= 0.6 is 34.7 Å². The first kappa shape index (κ1) is 23.1. The average molecular weight is 481 g/mol. The molecule has 0 aliphatic carbocycles. The Balaban J connectivity index is 1.55. The number of nitrogens with zero attached hydrogens (tertiary/aromatic N) is 3. The Hall–Kier alpha value is -2.56. The summed E-state index contributed by atoms with van der Waals surface area (Å²) < 4.78 is 12.5. The smallest absolute Gasteiger partial charge is 0.341 e. The van der Waals surface area contributed by atoms with Gasteiger partial charge in [-0.1, -0.05) is 23.4 Å². The number of carbonyl (C=O) groups excluding carboxylic acids is 2. The van der Waals surface area contributed by atoms with Gasteiger partial charge in [0.2, 0.25) is 5.91 Å². The van der Waals surface area contributed by atoms with Crippen LogP contribution in [0.3, 0.4) is 0 Å². The predicted molar refractivity (Wildman–Crippen MR) is 121 cm³/mol. The van der Waals surface area contributed by atoms with Crippen molar-refractivity contribution in [2.24, 2.45) is 7.05 Å². The standard InChI is InChI=1S/C20H21ClN4O4S2/c1-4-28-19(27)15-9-12(2)31-18(15)22-17(26)11-30-20-24-23-16(25(20)3)10-29-14-7-5-13(21)6-8-14/h5-9H,4,10-11H2,1-3H3,(H,22,26). The topological polar surface area (TPSA) is 95.3 Å². The lowest BCUT2D eigenvalue weighted by atomic mass is 10.3. The summed E-state index contributed by atoms with van der Waals surface area (Å²) in [6.07, 6.45) is 0. The number of thiophene rings is 1. The first-order chi connectivity index (χ1) is 14.9. The summed E-state index contributed by atoms with van der Waals surface area (Å²) in [7, 11) is 1.81. The average Bonchev–Trinajstić information content (AvgIpc) is 3.28. The minimum atomic E-state index is -0.451. The second kappa shape index (κ2) is 10.7. The zero-order valence-electron chi connectivity index (χ0n) is 17.2. The van der Waals surface area contributed by atoms with E-state index < -0.39 is 5.97 Å². The van der Waals surface area contributed by atoms with Crippen LogP contribution in [0.4, 0.5) is 5.00 Å². The van der Waals surface area contributed by atoms with Crippen molar-refractivity contribution in [1.29, 1.82) is 0 Å². The molecule has 164 valence electrons. The van der Waals surface area contributed by atoms with E-state index in [1.54, 1.807) is 41.8 Å². The number of halogens is 1. The van der Waals surface area contributed by atoms with E-state index >= 15 is 0 Å². The number of ether oxygens (including phenoxy) is 2. The van der Waals surface area contributed by atoms with Crippen LogP contribution in [0.5, 0.6) is 5.75 Å². The fraction of sp³-hybridized carbons (Fsp3) is 0.300. The molecule has 0 atom stereocenters. The van der Waals surface area contributed by atoms with Crippen LogP contribution in [0.1, 0.15) is 28.0 Å². The Kier molecular flexibility index (Phi) is 7.94. The van der Waals surface area contributed by atoms with Crippen molar-refractivity contribution in [1.82, 2.24) is 14.8 Å². The second-order valence-electron chi connectivity index (χ2n) is 6.36. The monoisotopic (exact) mass is 480 g/mol. The summed E-state index contributed by atoms with van der Waals surface area (Å²) >= 11 is 8.44. The number of esters is 1. The summed E-state index contributed by atoms with van der Waals surface area (Å²) in [6, 6.07) is 8.75. The van der Waals surface area contributed by atoms with Crippen LogP contribution in [-0.2, 0) is 23.2 Å². The first-order valence-electron chi connectivity index (χ1n) is 9.34. The van der Waals surface area contributed by atoms with Gasteiger partial charge in [0.25, 0.3) is 0 Å². The number of carbonyl (C=O) groups is 2. The van der Waals surface area contributed by atoms with Crippen molar-refractivity contribution in [2.75, 3.05) is 17.7 Å². The summed E-state index contributed by atoms with van der Waals surface area (Å²) in [6.45, 7) is 4.11. The highest BCUT2D eigenvalue weighted by atomic mass is 35.5. The zero-order chi connectivity index (χ0) is 22.4. The lowest BCUT2D eigenvalue weighted by Gasteiger charge is -2.07. The Labute approximate surface area is 192 Å². The van der Waals surface area contributed by atoms with Gasteiger partial charge in [0, 0.05) is 16.9 Å². The molecular weight excluding hydrogens is 460 g/mol. The molecule has 11 heteroatoms. The van der Waals surface area contributed by atoms with E-state index in [0.717, 1.165) is 4.88 Å². The van der Waals surface area contributed by atoms with Crippen molar-refractivity contribution in [3.63, 3.8) is 0 Å². The fourth-order valence-corrected chi connectivity index (χ4v) is 4.31. The molecule has 0 spiro atoms. The van der Waals surface area contributed by atoms with Crippen LogP contribution in [-0.4, -0.2) is 39.0 Å². The van der Waals surface area contributed by atoms with E-state index in [4.69, 9.17) is 21.1 Å². The van der Waals surface area contributed by atoms with Crippen LogP contribution in [0.15, 0.2) is 35.5 Å². The van der Waals surface area contributed by atoms with Crippen molar-refractivity contribution < 1.29 is 19.1 Å². The second-order valence-corrected chi connectivity index (χ2v) is 8.99. The first-order valence-corrected chi connectivity index (χ1v) is 11.5. The molecule has 1 amide bonds. The number of anilines is 1. The van der Waals surface area contributed by atoms with Gasteiger partial charge in [0.15, 0.2) is 11.0 Å². The third kappa shape index (κ3) is 6.22. The zero-order valence-corrected chi connectivity index (χ0v) is 19.6. The van der Waals surface area contributed by atoms with Gasteiger partial charge < -0.3 is 19.4 Å². The molecule has 31 heavy (non-hydrogen) atoms. The van der Waals surface area contributed by atoms with Crippen LogP contribution in [0.2, 0.25) is 5.02 Å². The van der Waals surface area contributed by atoms with Gasteiger partial charge in [-0.15, -0.1) is 21.5 Å². The van der Waals surface area contributed by atoms with Gasteiger partial charge in [-0.05, 0) is 44.2 Å². The molecule has 1 N–H and O–H groups in total. The molecule has 8 nitrogen and oxygen atoms in total. The molecule has 0 radical (unpaired) electrons. The fourth-order valence-electron chi connectivity index (χ4n) is 2.54. The Morgan fingerprint density at radius 2 is 2.00 bits per heavy atom. The van der Waals surface area contributed by atoms with Crippen LogP contribution < -0.4 is 10.1 Å². The van der Waals surface area contributed by atoms with E-state index in [9.17, 15) is 9.59 Å². The number of aromatic nitrogens is 3. The van der Waals surface area contributed by atoms with Gasteiger partial charge in [-0.2, -0.15) is 0 Å². The highest BCUT2D eigenvalue weighted by Crippen LogP contribution is 2.29. The van der Waals surface area contributed by atoms with Crippen molar-refractivity contribution in [3.8, 4) is 5.75 Å². The lowest BCUT2D eigenvalue weighted by molar-refractivity contribution is -0.113. The van der Waals surface area contributed by atoms with Crippen molar-refractivity contribution in [2.45, 2.75) is 25.6 Å². The molecule has 0 bridgehead atoms. The summed E-state index contributed by atoms with van der Waals surface area (Å²) in [4.78, 5) is 25.4. The summed E-state index contributed by atoms with van der Waals surface area (Å²) in [5.74, 6) is 0.706.